The number of carboxylic acid groups (broad SMARTS) is 1. The highest BCUT2D eigenvalue weighted by atomic mass is 16.4. The Morgan fingerprint density at radius 3 is 2.42 bits per heavy atom. The second-order valence-corrected chi connectivity index (χ2v) is 5.68. The van der Waals surface area contributed by atoms with E-state index in [9.17, 15) is 14.7 Å². The van der Waals surface area contributed by atoms with E-state index in [0.717, 1.165) is 38.8 Å². The summed E-state index contributed by atoms with van der Waals surface area (Å²) in [6.07, 6.45) is 5.77. The fourth-order valence-electron chi connectivity index (χ4n) is 3.14. The smallest absolute Gasteiger partial charge is 0.326 e. The normalized spacial score (nSPS) is 28.3. The van der Waals surface area contributed by atoms with Gasteiger partial charge in [0, 0.05) is 19.6 Å². The summed E-state index contributed by atoms with van der Waals surface area (Å²) in [5, 5.41) is 9.36. The topological polar surface area (TPSA) is 60.9 Å². The van der Waals surface area contributed by atoms with Crippen molar-refractivity contribution in [1.82, 2.24) is 9.80 Å². The molecule has 5 nitrogen and oxygen atoms in total. The number of rotatable bonds is 2. The third-order valence-corrected chi connectivity index (χ3v) is 4.45. The minimum atomic E-state index is -0.858. The molecule has 0 aliphatic carbocycles. The maximum atomic E-state index is 12.5. The molecule has 2 heterocycles. The Hall–Kier alpha value is -1.26. The second kappa shape index (κ2) is 6.26. The Morgan fingerprint density at radius 2 is 1.84 bits per heavy atom. The van der Waals surface area contributed by atoms with Crippen LogP contribution in [0.2, 0.25) is 0 Å². The zero-order chi connectivity index (χ0) is 13.8. The molecule has 0 aromatic rings. The van der Waals surface area contributed by atoms with Crippen LogP contribution in [0.4, 0.5) is 4.79 Å². The van der Waals surface area contributed by atoms with Crippen molar-refractivity contribution in [3.63, 3.8) is 0 Å². The summed E-state index contributed by atoms with van der Waals surface area (Å²) in [5.41, 5.74) is 0. The molecule has 2 fully saturated rings. The molecule has 0 saturated carbocycles. The number of carboxylic acids is 1. The number of aliphatic carboxylic acids is 1. The van der Waals surface area contributed by atoms with Crippen LogP contribution in [0.5, 0.6) is 0 Å². The fourth-order valence-corrected chi connectivity index (χ4v) is 3.14. The van der Waals surface area contributed by atoms with Crippen molar-refractivity contribution in [2.75, 3.05) is 19.6 Å². The first-order chi connectivity index (χ1) is 9.13. The molecule has 5 heteroatoms. The summed E-state index contributed by atoms with van der Waals surface area (Å²) in [7, 11) is 0. The first-order valence-corrected chi connectivity index (χ1v) is 7.41. The molecule has 2 amide bonds. The number of urea groups is 1. The molecule has 0 radical (unpaired) electrons. The highest BCUT2D eigenvalue weighted by molar-refractivity contribution is 5.83. The van der Waals surface area contributed by atoms with E-state index in [2.05, 4.69) is 6.92 Å². The number of hydrogen-bond donors (Lipinski definition) is 1. The van der Waals surface area contributed by atoms with Crippen LogP contribution < -0.4 is 0 Å². The van der Waals surface area contributed by atoms with Gasteiger partial charge in [-0.15, -0.1) is 0 Å². The Kier molecular flexibility index (Phi) is 4.66. The van der Waals surface area contributed by atoms with Crippen LogP contribution in [0.3, 0.4) is 0 Å². The Labute approximate surface area is 114 Å². The van der Waals surface area contributed by atoms with Crippen molar-refractivity contribution in [2.24, 2.45) is 5.92 Å². The van der Waals surface area contributed by atoms with E-state index in [4.69, 9.17) is 0 Å². The van der Waals surface area contributed by atoms with Gasteiger partial charge in [-0.3, -0.25) is 0 Å². The summed E-state index contributed by atoms with van der Waals surface area (Å²) in [6.45, 7) is 4.23. The van der Waals surface area contributed by atoms with E-state index in [1.54, 1.807) is 4.90 Å². The van der Waals surface area contributed by atoms with Crippen LogP contribution in [-0.4, -0.2) is 52.6 Å². The van der Waals surface area contributed by atoms with Gasteiger partial charge in [0.25, 0.3) is 0 Å². The first kappa shape index (κ1) is 14.2. The molecule has 2 rings (SSSR count). The van der Waals surface area contributed by atoms with Crippen LogP contribution in [0.25, 0.3) is 0 Å². The zero-order valence-corrected chi connectivity index (χ0v) is 11.7. The molecular formula is C14H24N2O3. The number of carbonyl (C=O) groups is 2. The molecule has 2 aliphatic heterocycles. The maximum Gasteiger partial charge on any atom is 0.326 e. The van der Waals surface area contributed by atoms with Crippen LogP contribution in [-0.2, 0) is 4.79 Å². The van der Waals surface area contributed by atoms with Gasteiger partial charge in [0.1, 0.15) is 6.04 Å². The van der Waals surface area contributed by atoms with Crippen molar-refractivity contribution < 1.29 is 14.7 Å². The van der Waals surface area contributed by atoms with E-state index in [0.29, 0.717) is 18.9 Å². The number of nitrogens with zero attached hydrogens (tertiary/aromatic N) is 2. The number of likely N-dealkylation sites (tertiary alicyclic amines) is 2. The van der Waals surface area contributed by atoms with Gasteiger partial charge < -0.3 is 14.9 Å². The minimum Gasteiger partial charge on any atom is -0.480 e. The molecule has 108 valence electrons. The monoisotopic (exact) mass is 268 g/mol. The lowest BCUT2D eigenvalue weighted by Crippen LogP contribution is -2.55. The molecule has 2 aliphatic rings. The molecule has 0 aromatic carbocycles. The Morgan fingerprint density at radius 1 is 1.16 bits per heavy atom. The summed E-state index contributed by atoms with van der Waals surface area (Å²) in [5.74, 6) is -0.421. The predicted octanol–water partition coefficient (Wildman–Crippen LogP) is 2.17. The molecule has 19 heavy (non-hydrogen) atoms. The van der Waals surface area contributed by atoms with Crippen molar-refractivity contribution in [3.05, 3.63) is 0 Å². The fraction of sp³-hybridized carbons (Fsp3) is 0.857. The average molecular weight is 268 g/mol. The van der Waals surface area contributed by atoms with Gasteiger partial charge in [-0.2, -0.15) is 0 Å². The van der Waals surface area contributed by atoms with Gasteiger partial charge >= 0.3 is 12.0 Å². The van der Waals surface area contributed by atoms with Crippen LogP contribution >= 0.6 is 0 Å². The third-order valence-electron chi connectivity index (χ3n) is 4.45. The Balaban J connectivity index is 2.03. The van der Waals surface area contributed by atoms with E-state index in [1.807, 2.05) is 4.90 Å². The van der Waals surface area contributed by atoms with Gasteiger partial charge in [-0.1, -0.05) is 13.3 Å². The lowest BCUT2D eigenvalue weighted by molar-refractivity contribution is -0.144. The first-order valence-electron chi connectivity index (χ1n) is 7.41. The Bertz CT molecular complexity index is 340. The van der Waals surface area contributed by atoms with E-state index in [1.165, 1.54) is 6.42 Å². The SMILES string of the molecule is CCC1CCN(C(=O)N2CCCCC2)C(C(=O)O)C1. The maximum absolute atomic E-state index is 12.5. The summed E-state index contributed by atoms with van der Waals surface area (Å²) in [4.78, 5) is 27.3. The van der Waals surface area contributed by atoms with Gasteiger partial charge in [0.15, 0.2) is 0 Å². The van der Waals surface area contributed by atoms with Crippen LogP contribution in [0, 0.1) is 5.92 Å². The predicted molar refractivity (Wildman–Crippen MR) is 72.0 cm³/mol. The summed E-state index contributed by atoms with van der Waals surface area (Å²) in [6, 6.07) is -0.699. The van der Waals surface area contributed by atoms with Crippen molar-refractivity contribution in [2.45, 2.75) is 51.5 Å². The van der Waals surface area contributed by atoms with Gasteiger partial charge in [0.2, 0.25) is 0 Å². The molecule has 0 bridgehead atoms. The number of carbonyl (C=O) groups excluding carboxylic acids is 1. The lowest BCUT2D eigenvalue weighted by Gasteiger charge is -2.40. The lowest BCUT2D eigenvalue weighted by atomic mass is 9.89. The number of hydrogen-bond acceptors (Lipinski definition) is 2. The van der Waals surface area contributed by atoms with Crippen molar-refractivity contribution in [3.8, 4) is 0 Å². The average Bonchev–Trinajstić information content (AvgIpc) is 2.46. The van der Waals surface area contributed by atoms with Gasteiger partial charge in [-0.05, 0) is 38.0 Å². The molecular weight excluding hydrogens is 244 g/mol. The third kappa shape index (κ3) is 3.19. The molecule has 0 aromatic heterocycles. The molecule has 2 atom stereocenters. The highest BCUT2D eigenvalue weighted by Gasteiger charge is 2.37. The highest BCUT2D eigenvalue weighted by Crippen LogP contribution is 2.27. The number of amides is 2. The van der Waals surface area contributed by atoms with E-state index in [-0.39, 0.29) is 6.03 Å². The van der Waals surface area contributed by atoms with Crippen molar-refractivity contribution >= 4 is 12.0 Å². The van der Waals surface area contributed by atoms with E-state index >= 15 is 0 Å². The van der Waals surface area contributed by atoms with Crippen molar-refractivity contribution in [1.29, 1.82) is 0 Å². The summed E-state index contributed by atoms with van der Waals surface area (Å²) < 4.78 is 0. The molecule has 2 unspecified atom stereocenters. The molecule has 2 saturated heterocycles. The zero-order valence-electron chi connectivity index (χ0n) is 11.7. The molecule has 0 spiro atoms. The second-order valence-electron chi connectivity index (χ2n) is 5.68. The van der Waals surface area contributed by atoms with Crippen LogP contribution in [0.15, 0.2) is 0 Å². The summed E-state index contributed by atoms with van der Waals surface area (Å²) >= 11 is 0. The van der Waals surface area contributed by atoms with E-state index < -0.39 is 12.0 Å². The van der Waals surface area contributed by atoms with Gasteiger partial charge in [0.05, 0.1) is 0 Å². The van der Waals surface area contributed by atoms with Gasteiger partial charge in [-0.25, -0.2) is 9.59 Å². The van der Waals surface area contributed by atoms with Crippen LogP contribution in [0.1, 0.15) is 45.4 Å². The number of piperidine rings is 2. The quantitative estimate of drug-likeness (QED) is 0.835. The minimum absolute atomic E-state index is 0.0679. The molecule has 1 N–H and O–H groups in total. The standard InChI is InChI=1S/C14H24N2O3/c1-2-11-6-9-16(12(10-11)13(17)18)14(19)15-7-4-3-5-8-15/h11-12H,2-10H2,1H3,(H,17,18). The largest absolute Gasteiger partial charge is 0.480 e.